The minimum Gasteiger partial charge on any atom is -0.361 e. The maximum atomic E-state index is 13.4. The van der Waals surface area contributed by atoms with Crippen LogP contribution in [0, 0.1) is 5.41 Å². The Kier molecular flexibility index (Phi) is 5.84. The molecular weight excluding hydrogens is 390 g/mol. The van der Waals surface area contributed by atoms with Gasteiger partial charge in [0, 0.05) is 36.8 Å². The fourth-order valence-electron chi connectivity index (χ4n) is 4.04. The van der Waals surface area contributed by atoms with Gasteiger partial charge in [-0.25, -0.2) is 0 Å². The van der Waals surface area contributed by atoms with E-state index in [4.69, 9.17) is 4.74 Å². The highest BCUT2D eigenvalue weighted by Gasteiger charge is 2.47. The number of benzene rings is 1. The lowest BCUT2D eigenvalue weighted by molar-refractivity contribution is -0.169. The molecule has 164 valence electrons. The standard InChI is InChI=1S/C25H31N3O3/c1-24(2,3)23(30)28-13-14-31-25(17-28,22(29)27-21-7-8-21)16-18-5-4-6-20(15-18)19-9-11-26-12-10-19/h4-6,9-12,15,21H,7-8,13-14,16-17H2,1-3H3,(H,27,29)/t25-/m1/s1. The average molecular weight is 422 g/mol. The fraction of sp³-hybridized carbons (Fsp3) is 0.480. The highest BCUT2D eigenvalue weighted by atomic mass is 16.5. The number of amides is 2. The van der Waals surface area contributed by atoms with Crippen molar-refractivity contribution >= 4 is 11.8 Å². The van der Waals surface area contributed by atoms with Gasteiger partial charge in [0.2, 0.25) is 5.91 Å². The average Bonchev–Trinajstić information content (AvgIpc) is 3.57. The van der Waals surface area contributed by atoms with Crippen molar-refractivity contribution in [3.8, 4) is 11.1 Å². The molecule has 2 heterocycles. The van der Waals surface area contributed by atoms with Crippen molar-refractivity contribution in [3.05, 3.63) is 54.4 Å². The third-order valence-corrected chi connectivity index (χ3v) is 5.87. The number of nitrogens with one attached hydrogen (secondary N) is 1. The van der Waals surface area contributed by atoms with Gasteiger partial charge in [-0.2, -0.15) is 0 Å². The van der Waals surface area contributed by atoms with E-state index in [-0.39, 0.29) is 24.4 Å². The summed E-state index contributed by atoms with van der Waals surface area (Å²) in [5.74, 6) is -0.0688. The first-order valence-corrected chi connectivity index (χ1v) is 11.0. The van der Waals surface area contributed by atoms with E-state index in [1.165, 1.54) is 0 Å². The maximum absolute atomic E-state index is 13.4. The van der Waals surface area contributed by atoms with Crippen molar-refractivity contribution in [2.45, 2.75) is 51.7 Å². The molecule has 0 spiro atoms. The fourth-order valence-corrected chi connectivity index (χ4v) is 4.04. The van der Waals surface area contributed by atoms with Gasteiger partial charge in [0.05, 0.1) is 13.2 Å². The summed E-state index contributed by atoms with van der Waals surface area (Å²) in [6, 6.07) is 12.3. The van der Waals surface area contributed by atoms with Gasteiger partial charge in [0.1, 0.15) is 0 Å². The van der Waals surface area contributed by atoms with E-state index in [2.05, 4.69) is 16.4 Å². The van der Waals surface area contributed by atoms with Gasteiger partial charge in [0.15, 0.2) is 5.60 Å². The number of rotatable bonds is 5. The number of carbonyl (C=O) groups is 2. The summed E-state index contributed by atoms with van der Waals surface area (Å²) in [5.41, 5.74) is 1.56. The van der Waals surface area contributed by atoms with Crippen LogP contribution in [0.4, 0.5) is 0 Å². The summed E-state index contributed by atoms with van der Waals surface area (Å²) in [6.45, 7) is 6.86. The van der Waals surface area contributed by atoms with Crippen LogP contribution < -0.4 is 5.32 Å². The molecule has 2 amide bonds. The van der Waals surface area contributed by atoms with Crippen LogP contribution in [0.1, 0.15) is 39.2 Å². The number of nitrogens with zero attached hydrogens (tertiary/aromatic N) is 2. The molecular formula is C25H31N3O3. The molecule has 2 aliphatic rings. The van der Waals surface area contributed by atoms with E-state index in [1.54, 1.807) is 17.3 Å². The number of hydrogen-bond acceptors (Lipinski definition) is 4. The second-order valence-electron chi connectivity index (χ2n) is 9.68. The van der Waals surface area contributed by atoms with E-state index in [0.717, 1.165) is 29.5 Å². The molecule has 0 bridgehead atoms. The smallest absolute Gasteiger partial charge is 0.254 e. The number of aromatic nitrogens is 1. The zero-order chi connectivity index (χ0) is 22.1. The molecule has 1 aromatic heterocycles. The lowest BCUT2D eigenvalue weighted by atomic mass is 9.88. The number of morpholine rings is 1. The first-order valence-electron chi connectivity index (χ1n) is 11.0. The van der Waals surface area contributed by atoms with Crippen molar-refractivity contribution < 1.29 is 14.3 Å². The summed E-state index contributed by atoms with van der Waals surface area (Å²) >= 11 is 0. The first-order chi connectivity index (χ1) is 14.8. The van der Waals surface area contributed by atoms with E-state index in [0.29, 0.717) is 19.6 Å². The molecule has 4 rings (SSSR count). The van der Waals surface area contributed by atoms with Crippen LogP contribution in [0.15, 0.2) is 48.8 Å². The van der Waals surface area contributed by atoms with E-state index < -0.39 is 11.0 Å². The normalized spacial score (nSPS) is 21.6. The topological polar surface area (TPSA) is 71.5 Å². The maximum Gasteiger partial charge on any atom is 0.254 e. The van der Waals surface area contributed by atoms with Gasteiger partial charge < -0.3 is 15.0 Å². The van der Waals surface area contributed by atoms with Gasteiger partial charge in [-0.1, -0.05) is 45.0 Å². The number of carbonyl (C=O) groups excluding carboxylic acids is 2. The Morgan fingerprint density at radius 1 is 1.16 bits per heavy atom. The van der Waals surface area contributed by atoms with Crippen LogP contribution in [0.5, 0.6) is 0 Å². The van der Waals surface area contributed by atoms with Gasteiger partial charge in [-0.3, -0.25) is 14.6 Å². The predicted molar refractivity (Wildman–Crippen MR) is 119 cm³/mol. The monoisotopic (exact) mass is 421 g/mol. The van der Waals surface area contributed by atoms with Crippen LogP contribution >= 0.6 is 0 Å². The SMILES string of the molecule is CC(C)(C)C(=O)N1CCO[C@@](Cc2cccc(-c3ccncc3)c2)(C(=O)NC2CC2)C1. The molecule has 0 unspecified atom stereocenters. The van der Waals surface area contributed by atoms with E-state index in [1.807, 2.05) is 51.1 Å². The second-order valence-corrected chi connectivity index (χ2v) is 9.68. The van der Waals surface area contributed by atoms with Crippen LogP contribution in [0.3, 0.4) is 0 Å². The molecule has 1 N–H and O–H groups in total. The summed E-state index contributed by atoms with van der Waals surface area (Å²) in [6.07, 6.45) is 5.96. The first kappa shape index (κ1) is 21.5. The Morgan fingerprint density at radius 3 is 2.58 bits per heavy atom. The number of hydrogen-bond donors (Lipinski definition) is 1. The van der Waals surface area contributed by atoms with Crippen LogP contribution in [0.25, 0.3) is 11.1 Å². The highest BCUT2D eigenvalue weighted by molar-refractivity contribution is 5.88. The predicted octanol–water partition coefficient (Wildman–Crippen LogP) is 3.21. The largest absolute Gasteiger partial charge is 0.361 e. The van der Waals surface area contributed by atoms with Crippen LogP contribution in [-0.4, -0.2) is 53.0 Å². The van der Waals surface area contributed by atoms with Gasteiger partial charge in [-0.05, 0) is 41.7 Å². The Bertz CT molecular complexity index is 950. The third kappa shape index (κ3) is 4.96. The zero-order valence-electron chi connectivity index (χ0n) is 18.6. The molecule has 1 aliphatic heterocycles. The molecule has 2 aromatic rings. The van der Waals surface area contributed by atoms with Gasteiger partial charge in [0.25, 0.3) is 5.91 Å². The molecule has 1 aliphatic carbocycles. The summed E-state index contributed by atoms with van der Waals surface area (Å²) in [7, 11) is 0. The van der Waals surface area contributed by atoms with Gasteiger partial charge in [-0.15, -0.1) is 0 Å². The molecule has 1 saturated carbocycles. The summed E-state index contributed by atoms with van der Waals surface area (Å²) in [5, 5.41) is 3.12. The second kappa shape index (κ2) is 8.42. The lowest BCUT2D eigenvalue weighted by Gasteiger charge is -2.43. The molecule has 1 atom stereocenters. The molecule has 2 fully saturated rings. The van der Waals surface area contributed by atoms with Crippen molar-refractivity contribution in [3.63, 3.8) is 0 Å². The van der Waals surface area contributed by atoms with Crippen molar-refractivity contribution in [2.75, 3.05) is 19.7 Å². The summed E-state index contributed by atoms with van der Waals surface area (Å²) in [4.78, 5) is 32.2. The van der Waals surface area contributed by atoms with E-state index in [9.17, 15) is 9.59 Å². The molecule has 31 heavy (non-hydrogen) atoms. The third-order valence-electron chi connectivity index (χ3n) is 5.87. The molecule has 1 aromatic carbocycles. The molecule has 0 radical (unpaired) electrons. The molecule has 6 nitrogen and oxygen atoms in total. The van der Waals surface area contributed by atoms with E-state index >= 15 is 0 Å². The molecule has 1 saturated heterocycles. The number of pyridine rings is 1. The van der Waals surface area contributed by atoms with Crippen LogP contribution in [0.2, 0.25) is 0 Å². The Balaban J connectivity index is 1.63. The highest BCUT2D eigenvalue weighted by Crippen LogP contribution is 2.30. The minimum atomic E-state index is -1.08. The van der Waals surface area contributed by atoms with Crippen molar-refractivity contribution in [1.29, 1.82) is 0 Å². The Labute approximate surface area is 184 Å². The number of ether oxygens (including phenoxy) is 1. The molecule has 6 heteroatoms. The van der Waals surface area contributed by atoms with Crippen molar-refractivity contribution in [1.82, 2.24) is 15.2 Å². The Morgan fingerprint density at radius 2 is 1.90 bits per heavy atom. The summed E-state index contributed by atoms with van der Waals surface area (Å²) < 4.78 is 6.18. The quantitative estimate of drug-likeness (QED) is 0.805. The Hall–Kier alpha value is -2.73. The lowest BCUT2D eigenvalue weighted by Crippen LogP contribution is -2.63. The minimum absolute atomic E-state index is 0.0462. The van der Waals surface area contributed by atoms with Crippen LogP contribution in [-0.2, 0) is 20.7 Å². The van der Waals surface area contributed by atoms with Gasteiger partial charge >= 0.3 is 0 Å². The van der Waals surface area contributed by atoms with Crippen molar-refractivity contribution in [2.24, 2.45) is 5.41 Å². The zero-order valence-corrected chi connectivity index (χ0v) is 18.6.